The van der Waals surface area contributed by atoms with E-state index in [1.165, 1.54) is 13.2 Å². The smallest absolute Gasteiger partial charge is 0.254 e. The van der Waals surface area contributed by atoms with Crippen molar-refractivity contribution in [3.63, 3.8) is 0 Å². The Morgan fingerprint density at radius 3 is 2.29 bits per heavy atom. The quantitative estimate of drug-likeness (QED) is 0.129. The minimum atomic E-state index is -0.438. The van der Waals surface area contributed by atoms with Crippen molar-refractivity contribution in [1.29, 1.82) is 0 Å². The molecule has 2 saturated heterocycles. The van der Waals surface area contributed by atoms with Gasteiger partial charge in [-0.05, 0) is 54.3 Å². The molecule has 52 heavy (non-hydrogen) atoms. The Labute approximate surface area is 311 Å². The molecule has 2 atom stereocenters. The zero-order chi connectivity index (χ0) is 36.4. The molecule has 3 aliphatic rings. The number of aromatic nitrogens is 1. The third kappa shape index (κ3) is 7.50. The van der Waals surface area contributed by atoms with E-state index in [4.69, 9.17) is 27.9 Å². The van der Waals surface area contributed by atoms with E-state index >= 15 is 4.39 Å². The molecule has 0 saturated carbocycles. The van der Waals surface area contributed by atoms with Crippen molar-refractivity contribution in [1.82, 2.24) is 31.2 Å². The van der Waals surface area contributed by atoms with Crippen LogP contribution in [-0.4, -0.2) is 73.0 Å². The molecular weight excluding hydrogens is 706 g/mol. The minimum absolute atomic E-state index is 0.0228. The van der Waals surface area contributed by atoms with Gasteiger partial charge in [-0.1, -0.05) is 47.5 Å². The summed E-state index contributed by atoms with van der Waals surface area (Å²) in [6.45, 7) is 3.09. The maximum absolute atomic E-state index is 15.6. The largest absolute Gasteiger partial charge is 0.496 e. The summed E-state index contributed by atoms with van der Waals surface area (Å²) in [5, 5.41) is 13.2. The average Bonchev–Trinajstić information content (AvgIpc) is 3.84. The molecule has 4 aromatic rings. The molecule has 0 unspecified atom stereocenters. The van der Waals surface area contributed by atoms with Crippen LogP contribution in [0.4, 0.5) is 4.39 Å². The van der Waals surface area contributed by atoms with Crippen molar-refractivity contribution < 1.29 is 23.5 Å². The lowest BCUT2D eigenvalue weighted by molar-refractivity contribution is -0.120. The first-order valence-corrected chi connectivity index (χ1v) is 18.2. The number of nitrogens with zero attached hydrogens (tertiary/aromatic N) is 2. The summed E-state index contributed by atoms with van der Waals surface area (Å²) >= 11 is 14.1. The summed E-state index contributed by atoms with van der Waals surface area (Å²) in [6.07, 6.45) is 4.31. The lowest BCUT2D eigenvalue weighted by Crippen LogP contribution is -2.39. The van der Waals surface area contributed by atoms with E-state index in [1.807, 2.05) is 41.3 Å². The summed E-state index contributed by atoms with van der Waals surface area (Å²) in [6, 6.07) is 16.3. The van der Waals surface area contributed by atoms with Crippen LogP contribution in [-0.2, 0) is 22.7 Å². The molecule has 0 bridgehead atoms. The highest BCUT2D eigenvalue weighted by Crippen LogP contribution is 2.43. The van der Waals surface area contributed by atoms with Gasteiger partial charge in [0.25, 0.3) is 5.91 Å². The van der Waals surface area contributed by atoms with Gasteiger partial charge in [-0.3, -0.25) is 19.4 Å². The van der Waals surface area contributed by atoms with Crippen LogP contribution >= 0.6 is 23.2 Å². The number of carbonyl (C=O) groups excluding carboxylic acids is 3. The lowest BCUT2D eigenvalue weighted by atomic mass is 9.96. The number of rotatable bonds is 13. The first kappa shape index (κ1) is 35.8. The van der Waals surface area contributed by atoms with E-state index in [1.54, 1.807) is 18.3 Å². The Morgan fingerprint density at radius 2 is 1.58 bits per heavy atom. The van der Waals surface area contributed by atoms with Gasteiger partial charge < -0.3 is 30.9 Å². The van der Waals surface area contributed by atoms with Gasteiger partial charge in [0.05, 0.1) is 22.8 Å². The number of hydrogen-bond donors (Lipinski definition) is 4. The van der Waals surface area contributed by atoms with Crippen molar-refractivity contribution in [2.75, 3.05) is 33.3 Å². The molecule has 4 N–H and O–H groups in total. The van der Waals surface area contributed by atoms with E-state index in [0.717, 1.165) is 24.0 Å². The molecular formula is C39H39Cl2FN6O4. The van der Waals surface area contributed by atoms with Crippen LogP contribution in [0.15, 0.2) is 60.8 Å². The highest BCUT2D eigenvalue weighted by atomic mass is 35.5. The molecule has 3 amide bonds. The van der Waals surface area contributed by atoms with E-state index in [9.17, 15) is 14.4 Å². The van der Waals surface area contributed by atoms with E-state index in [0.29, 0.717) is 100 Å². The fourth-order valence-electron chi connectivity index (χ4n) is 7.17. The van der Waals surface area contributed by atoms with E-state index in [-0.39, 0.29) is 36.3 Å². The zero-order valence-electron chi connectivity index (χ0n) is 28.7. The molecule has 0 aliphatic carbocycles. The van der Waals surface area contributed by atoms with Gasteiger partial charge >= 0.3 is 0 Å². The third-order valence-corrected chi connectivity index (χ3v) is 10.7. The van der Waals surface area contributed by atoms with Crippen molar-refractivity contribution >= 4 is 40.9 Å². The van der Waals surface area contributed by atoms with E-state index < -0.39 is 5.82 Å². The van der Waals surface area contributed by atoms with Crippen molar-refractivity contribution in [2.24, 2.45) is 0 Å². The second kappa shape index (κ2) is 15.6. The van der Waals surface area contributed by atoms with E-state index in [2.05, 4.69) is 26.3 Å². The van der Waals surface area contributed by atoms with Crippen LogP contribution in [0.25, 0.3) is 33.5 Å². The summed E-state index contributed by atoms with van der Waals surface area (Å²) in [5.74, 6) is 0.0394. The number of amides is 3. The van der Waals surface area contributed by atoms with Gasteiger partial charge in [0.15, 0.2) is 0 Å². The summed E-state index contributed by atoms with van der Waals surface area (Å²) in [7, 11) is 1.50. The fraction of sp³-hybridized carbons (Fsp3) is 0.333. The molecule has 3 aromatic carbocycles. The molecule has 3 aliphatic heterocycles. The number of ether oxygens (including phenoxy) is 1. The van der Waals surface area contributed by atoms with Crippen LogP contribution in [0.1, 0.15) is 47.2 Å². The maximum atomic E-state index is 15.6. The number of fused-ring (bicyclic) bond motifs is 1. The topological polar surface area (TPSA) is 125 Å². The zero-order valence-corrected chi connectivity index (χ0v) is 30.2. The standard InChI is InChI=1S/C39H39Cl2FN6O4/c1-52-33-17-23(16-32(42)31(33)20-44-19-26-7-10-35(50)47-26)27-3-2-4-29(36(27)40)30-11-12-45-38(37(30)41)22-5-8-28-24(15-22)21-48(39(28)51)14-13-43-18-25-6-9-34(49)46-25/h2-5,8,11-12,15-17,25-26,43-44H,6-7,9-10,13-14,18-21H2,1H3,(H,46,49)(H,47,50)/t25-,26-/m1/s1. The summed E-state index contributed by atoms with van der Waals surface area (Å²) in [5.41, 5.74) is 5.73. The number of carbonyl (C=O) groups is 3. The average molecular weight is 746 g/mol. The number of nitrogens with one attached hydrogen (secondary N) is 4. The molecule has 7 rings (SSSR count). The van der Waals surface area contributed by atoms with Crippen LogP contribution in [0.5, 0.6) is 5.75 Å². The molecule has 1 aromatic heterocycles. The molecule has 2 fully saturated rings. The van der Waals surface area contributed by atoms with Gasteiger partial charge in [0.1, 0.15) is 11.6 Å². The number of benzene rings is 3. The highest BCUT2D eigenvalue weighted by molar-refractivity contribution is 6.39. The number of hydrogen-bond acceptors (Lipinski definition) is 7. The predicted octanol–water partition coefficient (Wildman–Crippen LogP) is 5.73. The maximum Gasteiger partial charge on any atom is 0.254 e. The predicted molar refractivity (Wildman–Crippen MR) is 199 cm³/mol. The van der Waals surface area contributed by atoms with Gasteiger partial charge in [-0.2, -0.15) is 0 Å². The molecule has 4 heterocycles. The molecule has 10 nitrogen and oxygen atoms in total. The summed E-state index contributed by atoms with van der Waals surface area (Å²) < 4.78 is 21.2. The van der Waals surface area contributed by atoms with Crippen molar-refractivity contribution in [3.05, 3.63) is 93.3 Å². The van der Waals surface area contributed by atoms with Crippen LogP contribution in [0, 0.1) is 5.82 Å². The van der Waals surface area contributed by atoms with Gasteiger partial charge in [-0.15, -0.1) is 0 Å². The lowest BCUT2D eigenvalue weighted by Gasteiger charge is -2.17. The Balaban J connectivity index is 1.07. The van der Waals surface area contributed by atoms with Crippen molar-refractivity contribution in [3.8, 4) is 39.3 Å². The van der Waals surface area contributed by atoms with Gasteiger partial charge in [-0.25, -0.2) is 4.39 Å². The second-order valence-corrected chi connectivity index (χ2v) is 14.1. The highest BCUT2D eigenvalue weighted by Gasteiger charge is 2.28. The van der Waals surface area contributed by atoms with Gasteiger partial charge in [0.2, 0.25) is 11.8 Å². The second-order valence-electron chi connectivity index (χ2n) is 13.4. The Hall–Kier alpha value is -4.55. The summed E-state index contributed by atoms with van der Waals surface area (Å²) in [4.78, 5) is 42.5. The molecule has 13 heteroatoms. The number of pyridine rings is 1. The van der Waals surface area contributed by atoms with Crippen LogP contribution < -0.4 is 26.0 Å². The first-order chi connectivity index (χ1) is 25.2. The third-order valence-electron chi connectivity index (χ3n) is 9.93. The Morgan fingerprint density at radius 1 is 0.865 bits per heavy atom. The Bertz CT molecular complexity index is 2040. The first-order valence-electron chi connectivity index (χ1n) is 17.4. The molecule has 0 radical (unpaired) electrons. The SMILES string of the molecule is COc1cc(-c2cccc(-c3ccnc(-c4ccc5c(c4)CN(CCNC[C@H]4CCC(=O)N4)C5=O)c3Cl)c2Cl)cc(F)c1CNC[C@H]1CCC(=O)N1. The molecule has 270 valence electrons. The fourth-order valence-corrected chi connectivity index (χ4v) is 7.83. The number of methoxy groups -OCH3 is 1. The normalized spacial score (nSPS) is 18.2. The minimum Gasteiger partial charge on any atom is -0.496 e. The van der Waals surface area contributed by atoms with Gasteiger partial charge in [0, 0.05) is 104 Å². The van der Waals surface area contributed by atoms with Crippen LogP contribution in [0.2, 0.25) is 10.0 Å². The Kier molecular flexibility index (Phi) is 10.7. The number of halogens is 3. The monoisotopic (exact) mass is 744 g/mol. The van der Waals surface area contributed by atoms with Crippen molar-refractivity contribution in [2.45, 2.75) is 50.9 Å². The van der Waals surface area contributed by atoms with Crippen LogP contribution in [0.3, 0.4) is 0 Å². The molecule has 0 spiro atoms.